The Morgan fingerprint density at radius 3 is 2.13 bits per heavy atom. The van der Waals surface area contributed by atoms with Gasteiger partial charge in [0.2, 0.25) is 5.91 Å². The first-order chi connectivity index (χ1) is 13.8. The van der Waals surface area contributed by atoms with Crippen LogP contribution in [-0.4, -0.2) is 55.7 Å². The molecule has 2 fully saturated rings. The molecule has 2 rings (SSSR count). The Kier molecular flexibility index (Phi) is 8.03. The Morgan fingerprint density at radius 2 is 1.67 bits per heavy atom. The highest BCUT2D eigenvalue weighted by Gasteiger charge is 2.41. The summed E-state index contributed by atoms with van der Waals surface area (Å²) in [5.41, 5.74) is -0.864. The lowest BCUT2D eigenvalue weighted by molar-refractivity contribution is -0.136. The second kappa shape index (κ2) is 9.58. The summed E-state index contributed by atoms with van der Waals surface area (Å²) in [6.07, 6.45) is 6.87. The molecule has 7 heteroatoms. The normalized spacial score (nSPS) is 24.2. The molecule has 3 atom stereocenters. The van der Waals surface area contributed by atoms with Crippen LogP contribution in [0.3, 0.4) is 0 Å². The Balaban J connectivity index is 2.14. The van der Waals surface area contributed by atoms with Crippen molar-refractivity contribution in [1.29, 1.82) is 0 Å². The SMILES string of the molecule is CC1CCCN1C(=O)C(NC(=O)NC1(CS(=O)C(C)(C)C)CCCCC1)C(C)(C)C. The molecule has 0 bridgehead atoms. The summed E-state index contributed by atoms with van der Waals surface area (Å²) in [5, 5.41) is 6.18. The van der Waals surface area contributed by atoms with Crippen molar-refractivity contribution in [2.75, 3.05) is 12.3 Å². The fourth-order valence-electron chi connectivity index (χ4n) is 4.48. The van der Waals surface area contributed by atoms with Crippen LogP contribution in [0.1, 0.15) is 93.4 Å². The van der Waals surface area contributed by atoms with E-state index in [-0.39, 0.29) is 22.7 Å². The second-order valence-electron chi connectivity index (χ2n) is 11.4. The number of urea groups is 1. The maximum atomic E-state index is 13.3. The number of likely N-dealkylation sites (tertiary alicyclic amines) is 1. The lowest BCUT2D eigenvalue weighted by atomic mass is 9.83. The van der Waals surface area contributed by atoms with E-state index in [2.05, 4.69) is 17.6 Å². The van der Waals surface area contributed by atoms with Crippen molar-refractivity contribution in [2.24, 2.45) is 5.41 Å². The molecule has 2 N–H and O–H groups in total. The maximum Gasteiger partial charge on any atom is 0.315 e. The van der Waals surface area contributed by atoms with Gasteiger partial charge in [0.05, 0.1) is 5.54 Å². The lowest BCUT2D eigenvalue weighted by Gasteiger charge is -2.41. The Labute approximate surface area is 185 Å². The van der Waals surface area contributed by atoms with Gasteiger partial charge < -0.3 is 15.5 Å². The predicted octanol–water partition coefficient (Wildman–Crippen LogP) is 3.96. The van der Waals surface area contributed by atoms with Gasteiger partial charge in [0.1, 0.15) is 6.04 Å². The molecule has 3 unspecified atom stereocenters. The molecule has 0 aromatic carbocycles. The number of carbonyl (C=O) groups excluding carboxylic acids is 2. The van der Waals surface area contributed by atoms with Gasteiger partial charge in [-0.25, -0.2) is 4.79 Å². The van der Waals surface area contributed by atoms with E-state index >= 15 is 0 Å². The Bertz CT molecular complexity index is 645. The fourth-order valence-corrected chi connectivity index (χ4v) is 5.78. The molecule has 3 amide bonds. The van der Waals surface area contributed by atoms with Crippen molar-refractivity contribution in [2.45, 2.75) is 116 Å². The fraction of sp³-hybridized carbons (Fsp3) is 0.913. The molecule has 0 aromatic rings. The van der Waals surface area contributed by atoms with Gasteiger partial charge in [0.15, 0.2) is 0 Å². The minimum atomic E-state index is -1.05. The average molecular weight is 442 g/mol. The highest BCUT2D eigenvalue weighted by atomic mass is 32.2. The quantitative estimate of drug-likeness (QED) is 0.678. The van der Waals surface area contributed by atoms with Gasteiger partial charge in [0.25, 0.3) is 0 Å². The molecular formula is C23H43N3O3S. The summed E-state index contributed by atoms with van der Waals surface area (Å²) in [6, 6.07) is -0.694. The van der Waals surface area contributed by atoms with E-state index in [9.17, 15) is 13.8 Å². The van der Waals surface area contributed by atoms with Gasteiger partial charge in [-0.05, 0) is 58.8 Å². The van der Waals surface area contributed by atoms with Crippen LogP contribution in [0.5, 0.6) is 0 Å². The highest BCUT2D eigenvalue weighted by molar-refractivity contribution is 7.86. The van der Waals surface area contributed by atoms with Crippen LogP contribution < -0.4 is 10.6 Å². The molecule has 1 aliphatic heterocycles. The topological polar surface area (TPSA) is 78.5 Å². The van der Waals surface area contributed by atoms with Crippen molar-refractivity contribution in [3.8, 4) is 0 Å². The maximum absolute atomic E-state index is 13.3. The molecule has 1 heterocycles. The molecule has 1 saturated heterocycles. The van der Waals surface area contributed by atoms with E-state index in [1.807, 2.05) is 46.4 Å². The molecule has 2 aliphatic rings. The average Bonchev–Trinajstić information content (AvgIpc) is 3.04. The summed E-state index contributed by atoms with van der Waals surface area (Å²) in [4.78, 5) is 28.3. The standard InChI is InChI=1S/C23H43N3O3S/c1-17-12-11-15-26(17)19(27)18(21(2,3)4)24-20(28)25-23(13-9-8-10-14-23)16-30(29)22(5,6)7/h17-18H,8-16H2,1-7H3,(H2,24,25,28). The number of hydrogen-bond acceptors (Lipinski definition) is 3. The zero-order valence-corrected chi connectivity index (χ0v) is 20.9. The van der Waals surface area contributed by atoms with E-state index in [4.69, 9.17) is 0 Å². The zero-order chi connectivity index (χ0) is 22.7. The van der Waals surface area contributed by atoms with E-state index in [0.717, 1.165) is 51.5 Å². The van der Waals surface area contributed by atoms with Crippen molar-refractivity contribution >= 4 is 22.7 Å². The van der Waals surface area contributed by atoms with E-state index < -0.39 is 27.8 Å². The van der Waals surface area contributed by atoms with Crippen LogP contribution in [0.4, 0.5) is 4.79 Å². The van der Waals surface area contributed by atoms with Crippen LogP contribution in [0, 0.1) is 5.41 Å². The number of amides is 3. The van der Waals surface area contributed by atoms with Crippen molar-refractivity contribution in [1.82, 2.24) is 15.5 Å². The first-order valence-electron chi connectivity index (χ1n) is 11.5. The van der Waals surface area contributed by atoms with Crippen LogP contribution in [0.2, 0.25) is 0 Å². The van der Waals surface area contributed by atoms with Crippen LogP contribution >= 0.6 is 0 Å². The molecule has 30 heavy (non-hydrogen) atoms. The van der Waals surface area contributed by atoms with Gasteiger partial charge >= 0.3 is 6.03 Å². The summed E-state index contributed by atoms with van der Waals surface area (Å²) >= 11 is 0. The molecule has 1 saturated carbocycles. The largest absolute Gasteiger partial charge is 0.338 e. The lowest BCUT2D eigenvalue weighted by Crippen LogP contribution is -2.62. The van der Waals surface area contributed by atoms with Gasteiger partial charge in [-0.3, -0.25) is 9.00 Å². The molecule has 1 aliphatic carbocycles. The Hall–Kier alpha value is -1.11. The predicted molar refractivity (Wildman–Crippen MR) is 124 cm³/mol. The van der Waals surface area contributed by atoms with Gasteiger partial charge in [-0.1, -0.05) is 40.0 Å². The van der Waals surface area contributed by atoms with Crippen LogP contribution in [0.25, 0.3) is 0 Å². The van der Waals surface area contributed by atoms with Crippen molar-refractivity contribution in [3.05, 3.63) is 0 Å². The first kappa shape index (κ1) is 25.2. The number of rotatable bonds is 5. The third-order valence-corrected chi connectivity index (χ3v) is 8.69. The second-order valence-corrected chi connectivity index (χ2v) is 13.6. The highest BCUT2D eigenvalue weighted by Crippen LogP contribution is 2.31. The number of carbonyl (C=O) groups is 2. The first-order valence-corrected chi connectivity index (χ1v) is 12.8. The summed E-state index contributed by atoms with van der Waals surface area (Å²) in [5.74, 6) is 0.458. The zero-order valence-electron chi connectivity index (χ0n) is 20.1. The van der Waals surface area contributed by atoms with E-state index in [0.29, 0.717) is 5.75 Å². The van der Waals surface area contributed by atoms with Gasteiger partial charge in [0, 0.05) is 33.9 Å². The molecule has 0 radical (unpaired) electrons. The third kappa shape index (κ3) is 6.44. The number of nitrogens with one attached hydrogen (secondary N) is 2. The van der Waals surface area contributed by atoms with E-state index in [1.165, 1.54) is 0 Å². The smallest absolute Gasteiger partial charge is 0.315 e. The minimum Gasteiger partial charge on any atom is -0.338 e. The number of hydrogen-bond donors (Lipinski definition) is 2. The van der Waals surface area contributed by atoms with E-state index in [1.54, 1.807) is 0 Å². The van der Waals surface area contributed by atoms with Crippen molar-refractivity contribution in [3.63, 3.8) is 0 Å². The number of nitrogens with zero attached hydrogens (tertiary/aromatic N) is 1. The molecule has 6 nitrogen and oxygen atoms in total. The summed E-state index contributed by atoms with van der Waals surface area (Å²) in [6.45, 7) is 14.7. The molecule has 0 aromatic heterocycles. The van der Waals surface area contributed by atoms with Crippen molar-refractivity contribution < 1.29 is 13.8 Å². The van der Waals surface area contributed by atoms with Crippen LogP contribution in [0.15, 0.2) is 0 Å². The molecule has 0 spiro atoms. The third-order valence-electron chi connectivity index (χ3n) is 6.50. The van der Waals surface area contributed by atoms with Gasteiger partial charge in [-0.15, -0.1) is 0 Å². The van der Waals surface area contributed by atoms with Crippen LogP contribution in [-0.2, 0) is 15.6 Å². The molecular weight excluding hydrogens is 398 g/mol. The minimum absolute atomic E-state index is 0.00129. The monoisotopic (exact) mass is 441 g/mol. The summed E-state index contributed by atoms with van der Waals surface area (Å²) in [7, 11) is -1.05. The molecule has 174 valence electrons. The van der Waals surface area contributed by atoms with Gasteiger partial charge in [-0.2, -0.15) is 0 Å². The summed E-state index contributed by atoms with van der Waals surface area (Å²) < 4.78 is 12.6. The Morgan fingerprint density at radius 1 is 1.07 bits per heavy atom.